The molecule has 1 aliphatic rings. The van der Waals surface area contributed by atoms with E-state index in [1.54, 1.807) is 39.2 Å². The monoisotopic (exact) mass is 465 g/mol. The smallest absolute Gasteiger partial charge is 0.313 e. The standard InChI is InChI=1S/C24H27N5O3S/c1-16(2)24(32)28-11-3-6-17-8-9-18(14-19(17)28)27-23(31)22(30)25-15-20(21-7-4-13-33-21)29-12-5-10-26-29/h4-5,7-10,12-14,16,20H,3,6,11,15H2,1-2H3,(H,25,30)(H,27,31). The van der Waals surface area contributed by atoms with Crippen molar-refractivity contribution in [3.63, 3.8) is 0 Å². The van der Waals surface area contributed by atoms with Gasteiger partial charge in [-0.05, 0) is 48.1 Å². The van der Waals surface area contributed by atoms with E-state index in [4.69, 9.17) is 0 Å². The van der Waals surface area contributed by atoms with E-state index in [0.29, 0.717) is 12.2 Å². The maximum Gasteiger partial charge on any atom is 0.313 e. The van der Waals surface area contributed by atoms with Gasteiger partial charge in [-0.3, -0.25) is 19.1 Å². The highest BCUT2D eigenvalue weighted by Gasteiger charge is 2.25. The van der Waals surface area contributed by atoms with Gasteiger partial charge >= 0.3 is 11.8 Å². The van der Waals surface area contributed by atoms with E-state index in [1.165, 1.54) is 0 Å². The molecule has 8 nitrogen and oxygen atoms in total. The number of anilines is 2. The molecule has 3 amide bonds. The maximum absolute atomic E-state index is 12.6. The highest BCUT2D eigenvalue weighted by Crippen LogP contribution is 2.31. The van der Waals surface area contributed by atoms with Crippen molar-refractivity contribution >= 4 is 40.4 Å². The van der Waals surface area contributed by atoms with Gasteiger partial charge in [0.05, 0.1) is 0 Å². The number of fused-ring (bicyclic) bond motifs is 1. The van der Waals surface area contributed by atoms with E-state index in [-0.39, 0.29) is 24.4 Å². The lowest BCUT2D eigenvalue weighted by molar-refractivity contribution is -0.136. The molecule has 0 fully saturated rings. The minimum Gasteiger partial charge on any atom is -0.345 e. The van der Waals surface area contributed by atoms with Gasteiger partial charge in [-0.25, -0.2) is 0 Å². The number of hydrogen-bond acceptors (Lipinski definition) is 5. The molecular formula is C24H27N5O3S. The molecule has 1 unspecified atom stereocenters. The van der Waals surface area contributed by atoms with Gasteiger partial charge in [-0.15, -0.1) is 11.3 Å². The summed E-state index contributed by atoms with van der Waals surface area (Å²) in [5.74, 6) is -1.55. The molecule has 0 saturated heterocycles. The van der Waals surface area contributed by atoms with Crippen LogP contribution in [-0.4, -0.2) is 40.6 Å². The molecule has 2 aromatic heterocycles. The number of aromatic nitrogens is 2. The van der Waals surface area contributed by atoms with Gasteiger partial charge in [0.1, 0.15) is 6.04 Å². The van der Waals surface area contributed by atoms with Crippen LogP contribution in [0.4, 0.5) is 11.4 Å². The van der Waals surface area contributed by atoms with Gasteiger partial charge in [-0.1, -0.05) is 26.0 Å². The van der Waals surface area contributed by atoms with Crippen LogP contribution in [0.1, 0.15) is 36.8 Å². The van der Waals surface area contributed by atoms with Crippen LogP contribution < -0.4 is 15.5 Å². The zero-order valence-electron chi connectivity index (χ0n) is 18.7. The molecule has 0 spiro atoms. The largest absolute Gasteiger partial charge is 0.345 e. The van der Waals surface area contributed by atoms with Crippen molar-refractivity contribution in [2.75, 3.05) is 23.3 Å². The summed E-state index contributed by atoms with van der Waals surface area (Å²) in [7, 11) is 0. The number of aryl methyl sites for hydroxylation is 1. The van der Waals surface area contributed by atoms with Crippen LogP contribution in [0.5, 0.6) is 0 Å². The van der Waals surface area contributed by atoms with Crippen LogP contribution >= 0.6 is 11.3 Å². The second-order valence-corrected chi connectivity index (χ2v) is 9.25. The molecule has 1 aromatic carbocycles. The molecule has 3 heterocycles. The summed E-state index contributed by atoms with van der Waals surface area (Å²) < 4.78 is 1.76. The van der Waals surface area contributed by atoms with E-state index in [9.17, 15) is 14.4 Å². The summed E-state index contributed by atoms with van der Waals surface area (Å²) >= 11 is 1.56. The summed E-state index contributed by atoms with van der Waals surface area (Å²) in [6.07, 6.45) is 5.29. The molecule has 0 aliphatic carbocycles. The van der Waals surface area contributed by atoms with Crippen molar-refractivity contribution in [1.29, 1.82) is 0 Å². The SMILES string of the molecule is CC(C)C(=O)N1CCCc2ccc(NC(=O)C(=O)NCC(c3cccs3)n3cccn3)cc21. The lowest BCUT2D eigenvalue weighted by Crippen LogP contribution is -2.39. The summed E-state index contributed by atoms with van der Waals surface area (Å²) in [5.41, 5.74) is 2.35. The number of carbonyl (C=O) groups is 3. The van der Waals surface area contributed by atoms with Gasteiger partial charge in [-0.2, -0.15) is 5.10 Å². The van der Waals surface area contributed by atoms with E-state index in [0.717, 1.165) is 29.0 Å². The first-order valence-electron chi connectivity index (χ1n) is 11.0. The minimum absolute atomic E-state index is 0.0513. The van der Waals surface area contributed by atoms with E-state index >= 15 is 0 Å². The average molecular weight is 466 g/mol. The van der Waals surface area contributed by atoms with Crippen LogP contribution in [-0.2, 0) is 20.8 Å². The van der Waals surface area contributed by atoms with Crippen LogP contribution in [0.15, 0.2) is 54.2 Å². The molecular weight excluding hydrogens is 438 g/mol. The molecule has 172 valence electrons. The predicted molar refractivity (Wildman–Crippen MR) is 128 cm³/mol. The van der Waals surface area contributed by atoms with Crippen LogP contribution in [0.3, 0.4) is 0 Å². The number of hydrogen-bond donors (Lipinski definition) is 2. The third-order valence-electron chi connectivity index (χ3n) is 5.60. The van der Waals surface area contributed by atoms with Gasteiger partial charge in [0.15, 0.2) is 0 Å². The van der Waals surface area contributed by atoms with Crippen molar-refractivity contribution in [3.8, 4) is 0 Å². The van der Waals surface area contributed by atoms with Crippen LogP contribution in [0.2, 0.25) is 0 Å². The van der Waals surface area contributed by atoms with E-state index < -0.39 is 11.8 Å². The van der Waals surface area contributed by atoms with Crippen LogP contribution in [0, 0.1) is 5.92 Å². The molecule has 0 bridgehead atoms. The molecule has 3 aromatic rings. The Hall–Kier alpha value is -3.46. The van der Waals surface area contributed by atoms with Crippen molar-refractivity contribution in [3.05, 3.63) is 64.6 Å². The fourth-order valence-corrected chi connectivity index (χ4v) is 4.74. The second kappa shape index (κ2) is 9.99. The average Bonchev–Trinajstić information content (AvgIpc) is 3.53. The molecule has 33 heavy (non-hydrogen) atoms. The zero-order chi connectivity index (χ0) is 23.4. The van der Waals surface area contributed by atoms with Gasteiger partial charge in [0.2, 0.25) is 5.91 Å². The molecule has 4 rings (SSSR count). The third-order valence-corrected chi connectivity index (χ3v) is 6.57. The van der Waals surface area contributed by atoms with Gasteiger partial charge in [0.25, 0.3) is 0 Å². The lowest BCUT2D eigenvalue weighted by Gasteiger charge is -2.31. The second-order valence-electron chi connectivity index (χ2n) is 8.27. The summed E-state index contributed by atoms with van der Waals surface area (Å²) in [6.45, 7) is 4.63. The summed E-state index contributed by atoms with van der Waals surface area (Å²) in [6, 6.07) is 11.0. The Balaban J connectivity index is 1.42. The van der Waals surface area contributed by atoms with Crippen LogP contribution in [0.25, 0.3) is 0 Å². The van der Waals surface area contributed by atoms with Gasteiger partial charge in [0, 0.05) is 47.7 Å². The van der Waals surface area contributed by atoms with Crippen molar-refractivity contribution < 1.29 is 14.4 Å². The van der Waals surface area contributed by atoms with E-state index in [1.807, 2.05) is 49.7 Å². The van der Waals surface area contributed by atoms with Crippen molar-refractivity contribution in [2.45, 2.75) is 32.7 Å². The first-order chi connectivity index (χ1) is 15.9. The molecule has 1 aliphatic heterocycles. The quantitative estimate of drug-likeness (QED) is 0.547. The third kappa shape index (κ3) is 5.14. The number of thiophene rings is 1. The maximum atomic E-state index is 12.6. The number of rotatable bonds is 6. The molecule has 2 N–H and O–H groups in total. The fourth-order valence-electron chi connectivity index (χ4n) is 3.92. The molecule has 1 atom stereocenters. The Morgan fingerprint density at radius 1 is 1.15 bits per heavy atom. The normalized spacial score (nSPS) is 14.0. The minimum atomic E-state index is -0.752. The predicted octanol–water partition coefficient (Wildman–Crippen LogP) is 3.22. The Bertz CT molecular complexity index is 1090. The molecule has 0 saturated carbocycles. The number of nitrogens with one attached hydrogen (secondary N) is 2. The Kier molecular flexibility index (Phi) is 6.88. The number of carbonyl (C=O) groups excluding carboxylic acids is 3. The number of benzene rings is 1. The van der Waals surface area contributed by atoms with E-state index in [2.05, 4.69) is 15.7 Å². The summed E-state index contributed by atoms with van der Waals surface area (Å²) in [4.78, 5) is 40.5. The number of amides is 3. The van der Waals surface area contributed by atoms with Crippen molar-refractivity contribution in [2.24, 2.45) is 5.92 Å². The Morgan fingerprint density at radius 3 is 2.70 bits per heavy atom. The first-order valence-corrected chi connectivity index (χ1v) is 11.9. The highest BCUT2D eigenvalue weighted by atomic mass is 32.1. The molecule has 9 heteroatoms. The van der Waals surface area contributed by atoms with Gasteiger partial charge < -0.3 is 15.5 Å². The zero-order valence-corrected chi connectivity index (χ0v) is 19.5. The summed E-state index contributed by atoms with van der Waals surface area (Å²) in [5, 5.41) is 11.6. The lowest BCUT2D eigenvalue weighted by atomic mass is 9.99. The fraction of sp³-hybridized carbons (Fsp3) is 0.333. The Labute approximate surface area is 196 Å². The topological polar surface area (TPSA) is 96.3 Å². The number of nitrogens with zero attached hydrogens (tertiary/aromatic N) is 3. The first kappa shape index (κ1) is 22.7. The molecule has 0 radical (unpaired) electrons. The highest BCUT2D eigenvalue weighted by molar-refractivity contribution is 7.10. The Morgan fingerprint density at radius 2 is 2.00 bits per heavy atom. The van der Waals surface area contributed by atoms with Crippen molar-refractivity contribution in [1.82, 2.24) is 15.1 Å².